The Balaban J connectivity index is 1.58. The van der Waals surface area contributed by atoms with Gasteiger partial charge in [0.05, 0.1) is 17.1 Å². The fourth-order valence-electron chi connectivity index (χ4n) is 2.98. The summed E-state index contributed by atoms with van der Waals surface area (Å²) >= 11 is 3.30. The van der Waals surface area contributed by atoms with E-state index in [0.29, 0.717) is 6.42 Å². The Morgan fingerprint density at radius 2 is 2.22 bits per heavy atom. The van der Waals surface area contributed by atoms with Gasteiger partial charge in [0.1, 0.15) is 0 Å². The van der Waals surface area contributed by atoms with E-state index in [9.17, 15) is 4.79 Å². The molecule has 0 radical (unpaired) electrons. The highest BCUT2D eigenvalue weighted by atomic mass is 32.1. The summed E-state index contributed by atoms with van der Waals surface area (Å²) in [6.07, 6.45) is 1.40. The first-order valence-corrected chi connectivity index (χ1v) is 9.40. The van der Waals surface area contributed by atoms with Gasteiger partial charge in [0.25, 0.3) is 0 Å². The summed E-state index contributed by atoms with van der Waals surface area (Å²) in [7, 11) is 0. The highest BCUT2D eigenvalue weighted by Crippen LogP contribution is 2.33. The van der Waals surface area contributed by atoms with Crippen molar-refractivity contribution in [1.29, 1.82) is 0 Å². The first kappa shape index (κ1) is 14.6. The topological polar surface area (TPSA) is 33.2 Å². The van der Waals surface area contributed by atoms with Crippen molar-refractivity contribution in [2.45, 2.75) is 19.8 Å². The number of nitrogens with zero attached hydrogens (tertiary/aromatic N) is 2. The Kier molecular flexibility index (Phi) is 3.75. The molecule has 5 heteroatoms. The fraction of sp³-hybridized carbons (Fsp3) is 0.222. The van der Waals surface area contributed by atoms with Gasteiger partial charge in [-0.1, -0.05) is 6.07 Å². The molecule has 0 saturated heterocycles. The van der Waals surface area contributed by atoms with Crippen LogP contribution in [0.25, 0.3) is 11.3 Å². The van der Waals surface area contributed by atoms with Crippen LogP contribution >= 0.6 is 22.7 Å². The minimum absolute atomic E-state index is 0.180. The van der Waals surface area contributed by atoms with E-state index >= 15 is 0 Å². The number of fused-ring (bicyclic) bond motifs is 1. The Labute approximate surface area is 143 Å². The van der Waals surface area contributed by atoms with Crippen LogP contribution in [0.2, 0.25) is 0 Å². The molecule has 1 aromatic carbocycles. The average Bonchev–Trinajstić information content (AvgIpc) is 3.26. The lowest BCUT2D eigenvalue weighted by Gasteiger charge is -2.17. The van der Waals surface area contributed by atoms with Crippen LogP contribution in [-0.2, 0) is 17.6 Å². The third kappa shape index (κ3) is 2.82. The molecular weight excluding hydrogens is 324 g/mol. The monoisotopic (exact) mass is 340 g/mol. The highest BCUT2D eigenvalue weighted by Gasteiger charge is 2.25. The van der Waals surface area contributed by atoms with Crippen LogP contribution in [0.5, 0.6) is 0 Å². The molecule has 116 valence electrons. The second kappa shape index (κ2) is 5.91. The first-order chi connectivity index (χ1) is 11.2. The molecule has 0 unspecified atom stereocenters. The van der Waals surface area contributed by atoms with Gasteiger partial charge in [-0.25, -0.2) is 4.98 Å². The lowest BCUT2D eigenvalue weighted by atomic mass is 10.1. The SMILES string of the molecule is Cc1nc(-c2ccc3c(c2)CCN3C(=O)Cc2ccsc2)cs1. The Morgan fingerprint density at radius 1 is 1.30 bits per heavy atom. The van der Waals surface area contributed by atoms with Gasteiger partial charge < -0.3 is 4.90 Å². The van der Waals surface area contributed by atoms with Gasteiger partial charge in [-0.15, -0.1) is 11.3 Å². The highest BCUT2D eigenvalue weighted by molar-refractivity contribution is 7.09. The number of aryl methyl sites for hydroxylation is 1. The van der Waals surface area contributed by atoms with E-state index in [1.165, 1.54) is 5.56 Å². The molecule has 0 N–H and O–H groups in total. The standard InChI is InChI=1S/C18H16N2OS2/c1-12-19-16(11-23-12)14-2-3-17-15(9-14)4-6-20(17)18(21)8-13-5-7-22-10-13/h2-3,5,7,9-11H,4,6,8H2,1H3. The minimum atomic E-state index is 0.180. The molecule has 0 bridgehead atoms. The minimum Gasteiger partial charge on any atom is -0.312 e. The number of thiophene rings is 1. The van der Waals surface area contributed by atoms with Gasteiger partial charge in [0.2, 0.25) is 5.91 Å². The van der Waals surface area contributed by atoms with Crippen LogP contribution in [0.3, 0.4) is 0 Å². The van der Waals surface area contributed by atoms with Crippen LogP contribution in [0.1, 0.15) is 16.1 Å². The summed E-state index contributed by atoms with van der Waals surface area (Å²) in [6, 6.07) is 8.34. The van der Waals surface area contributed by atoms with Crippen molar-refractivity contribution in [2.75, 3.05) is 11.4 Å². The van der Waals surface area contributed by atoms with Crippen molar-refractivity contribution in [1.82, 2.24) is 4.98 Å². The van der Waals surface area contributed by atoms with Gasteiger partial charge in [0.15, 0.2) is 0 Å². The summed E-state index contributed by atoms with van der Waals surface area (Å²) in [5.74, 6) is 0.180. The molecule has 3 heterocycles. The van der Waals surface area contributed by atoms with Gasteiger partial charge in [-0.05, 0) is 53.4 Å². The van der Waals surface area contributed by atoms with E-state index in [2.05, 4.69) is 28.6 Å². The normalized spacial score (nSPS) is 13.3. The van der Waals surface area contributed by atoms with Gasteiger partial charge >= 0.3 is 0 Å². The smallest absolute Gasteiger partial charge is 0.231 e. The first-order valence-electron chi connectivity index (χ1n) is 7.57. The number of anilines is 1. The van der Waals surface area contributed by atoms with Gasteiger partial charge in [0, 0.05) is 23.2 Å². The summed E-state index contributed by atoms with van der Waals surface area (Å²) in [5.41, 5.74) is 5.56. The van der Waals surface area contributed by atoms with Gasteiger partial charge in [-0.2, -0.15) is 11.3 Å². The van der Waals surface area contributed by atoms with Crippen molar-refractivity contribution >= 4 is 34.3 Å². The van der Waals surface area contributed by atoms with Crippen molar-refractivity contribution in [3.63, 3.8) is 0 Å². The zero-order valence-corrected chi connectivity index (χ0v) is 14.4. The number of thiazole rings is 1. The van der Waals surface area contributed by atoms with Crippen LogP contribution in [0, 0.1) is 6.92 Å². The molecule has 0 saturated carbocycles. The van der Waals surface area contributed by atoms with Crippen molar-refractivity contribution in [2.24, 2.45) is 0 Å². The van der Waals surface area contributed by atoms with Crippen LogP contribution < -0.4 is 4.90 Å². The summed E-state index contributed by atoms with van der Waals surface area (Å²) in [6.45, 7) is 2.80. The third-order valence-corrected chi connectivity index (χ3v) is 5.63. The van der Waals surface area contributed by atoms with E-state index in [-0.39, 0.29) is 5.91 Å². The van der Waals surface area contributed by atoms with Crippen LogP contribution in [-0.4, -0.2) is 17.4 Å². The van der Waals surface area contributed by atoms with E-state index in [4.69, 9.17) is 0 Å². The number of aromatic nitrogens is 1. The predicted molar refractivity (Wildman–Crippen MR) is 96.4 cm³/mol. The molecule has 1 aliphatic heterocycles. The number of carbonyl (C=O) groups is 1. The molecule has 23 heavy (non-hydrogen) atoms. The zero-order chi connectivity index (χ0) is 15.8. The number of amides is 1. The Bertz CT molecular complexity index is 852. The molecule has 0 aliphatic carbocycles. The molecule has 3 nitrogen and oxygen atoms in total. The average molecular weight is 340 g/mol. The molecule has 0 fully saturated rings. The third-order valence-electron chi connectivity index (χ3n) is 4.13. The molecule has 1 amide bonds. The van der Waals surface area contributed by atoms with E-state index in [0.717, 1.165) is 40.5 Å². The second-order valence-corrected chi connectivity index (χ2v) is 7.54. The number of carbonyl (C=O) groups excluding carboxylic acids is 1. The molecule has 2 aromatic heterocycles. The Morgan fingerprint density at radius 3 is 2.96 bits per heavy atom. The maximum atomic E-state index is 12.6. The largest absolute Gasteiger partial charge is 0.312 e. The van der Waals surface area contributed by atoms with Crippen LogP contribution in [0.4, 0.5) is 5.69 Å². The van der Waals surface area contributed by atoms with Crippen molar-refractivity contribution < 1.29 is 4.79 Å². The molecule has 0 spiro atoms. The molecule has 3 aromatic rings. The number of hydrogen-bond acceptors (Lipinski definition) is 4. The quantitative estimate of drug-likeness (QED) is 0.712. The number of benzene rings is 1. The number of rotatable bonds is 3. The lowest BCUT2D eigenvalue weighted by molar-refractivity contribution is -0.117. The predicted octanol–water partition coefficient (Wildman–Crippen LogP) is 4.31. The maximum absolute atomic E-state index is 12.6. The Hall–Kier alpha value is -1.98. The van der Waals surface area contributed by atoms with E-state index in [1.54, 1.807) is 22.7 Å². The molecular formula is C18H16N2OS2. The van der Waals surface area contributed by atoms with Crippen molar-refractivity contribution in [3.05, 3.63) is 56.5 Å². The maximum Gasteiger partial charge on any atom is 0.231 e. The fourth-order valence-corrected chi connectivity index (χ4v) is 4.27. The molecule has 0 atom stereocenters. The van der Waals surface area contributed by atoms with E-state index in [1.807, 2.05) is 28.7 Å². The lowest BCUT2D eigenvalue weighted by Crippen LogP contribution is -2.30. The summed E-state index contributed by atoms with van der Waals surface area (Å²) < 4.78 is 0. The summed E-state index contributed by atoms with van der Waals surface area (Å²) in [5, 5.41) is 7.23. The van der Waals surface area contributed by atoms with Crippen LogP contribution in [0.15, 0.2) is 40.4 Å². The van der Waals surface area contributed by atoms with Gasteiger partial charge in [-0.3, -0.25) is 4.79 Å². The molecule has 1 aliphatic rings. The summed E-state index contributed by atoms with van der Waals surface area (Å²) in [4.78, 5) is 19.0. The second-order valence-electron chi connectivity index (χ2n) is 5.70. The zero-order valence-electron chi connectivity index (χ0n) is 12.8. The van der Waals surface area contributed by atoms with E-state index < -0.39 is 0 Å². The number of hydrogen-bond donors (Lipinski definition) is 0. The molecule has 4 rings (SSSR count). The van der Waals surface area contributed by atoms with Crippen molar-refractivity contribution in [3.8, 4) is 11.3 Å².